The fourth-order valence-corrected chi connectivity index (χ4v) is 2.05. The maximum Gasteiger partial charge on any atom is 0.118 e. The summed E-state index contributed by atoms with van der Waals surface area (Å²) in [4.78, 5) is 0. The number of benzene rings is 1. The zero-order valence-corrected chi connectivity index (χ0v) is 9.83. The van der Waals surface area contributed by atoms with E-state index in [-0.39, 0.29) is 0 Å². The summed E-state index contributed by atoms with van der Waals surface area (Å²) in [7, 11) is 1.70. The summed E-state index contributed by atoms with van der Waals surface area (Å²) < 4.78 is 5.14. The van der Waals surface area contributed by atoms with Gasteiger partial charge in [0.1, 0.15) is 5.75 Å². The van der Waals surface area contributed by atoms with Crippen molar-refractivity contribution in [2.24, 2.45) is 0 Å². The largest absolute Gasteiger partial charge is 0.497 e. The van der Waals surface area contributed by atoms with Gasteiger partial charge in [-0.25, -0.2) is 0 Å². The fraction of sp³-hybridized carbons (Fsp3) is 0.538. The zero-order valence-electron chi connectivity index (χ0n) is 9.83. The zero-order chi connectivity index (χ0) is 11.2. The van der Waals surface area contributed by atoms with Crippen LogP contribution in [-0.4, -0.2) is 32.8 Å². The summed E-state index contributed by atoms with van der Waals surface area (Å²) in [6.07, 6.45) is 2.32. The number of ether oxygens (including phenoxy) is 1. The van der Waals surface area contributed by atoms with Crippen molar-refractivity contribution in [3.63, 3.8) is 0 Å². The van der Waals surface area contributed by atoms with Crippen molar-refractivity contribution in [3.8, 4) is 5.75 Å². The van der Waals surface area contributed by atoms with E-state index in [1.54, 1.807) is 7.11 Å². The Labute approximate surface area is 97.2 Å². The smallest absolute Gasteiger partial charge is 0.118 e. The van der Waals surface area contributed by atoms with Crippen molar-refractivity contribution in [1.29, 1.82) is 0 Å². The van der Waals surface area contributed by atoms with Crippen LogP contribution in [0.1, 0.15) is 12.0 Å². The van der Waals surface area contributed by atoms with Crippen LogP contribution in [0, 0.1) is 0 Å². The monoisotopic (exact) mass is 220 g/mol. The second-order valence-corrected chi connectivity index (χ2v) is 4.24. The summed E-state index contributed by atoms with van der Waals surface area (Å²) in [6.45, 7) is 3.28. The second kappa shape index (κ2) is 5.87. The topological polar surface area (TPSA) is 33.3 Å². The van der Waals surface area contributed by atoms with Gasteiger partial charge in [-0.15, -0.1) is 0 Å². The lowest BCUT2D eigenvalue weighted by Gasteiger charge is -2.24. The van der Waals surface area contributed by atoms with Gasteiger partial charge in [0.25, 0.3) is 0 Å². The fourth-order valence-electron chi connectivity index (χ4n) is 2.05. The van der Waals surface area contributed by atoms with Crippen molar-refractivity contribution >= 4 is 0 Å². The average molecular weight is 220 g/mol. The molecule has 0 radical (unpaired) electrons. The highest BCUT2D eigenvalue weighted by molar-refractivity contribution is 5.27. The van der Waals surface area contributed by atoms with E-state index < -0.39 is 0 Å². The number of hydrogen-bond acceptors (Lipinski definition) is 3. The number of hydrogen-bond donors (Lipinski definition) is 2. The third kappa shape index (κ3) is 3.22. The van der Waals surface area contributed by atoms with Crippen LogP contribution in [-0.2, 0) is 6.42 Å². The Hall–Kier alpha value is -1.06. The van der Waals surface area contributed by atoms with Crippen molar-refractivity contribution in [1.82, 2.24) is 10.6 Å². The highest BCUT2D eigenvalue weighted by Gasteiger charge is 2.11. The molecule has 3 nitrogen and oxygen atoms in total. The van der Waals surface area contributed by atoms with Gasteiger partial charge >= 0.3 is 0 Å². The number of piperazine rings is 1. The van der Waals surface area contributed by atoms with E-state index in [0.29, 0.717) is 6.04 Å². The maximum atomic E-state index is 5.14. The van der Waals surface area contributed by atoms with Crippen LogP contribution in [0.2, 0.25) is 0 Å². The molecule has 3 heteroatoms. The molecule has 1 aromatic rings. The van der Waals surface area contributed by atoms with E-state index in [0.717, 1.165) is 31.8 Å². The molecule has 1 aliphatic heterocycles. The molecule has 1 aromatic carbocycles. The molecule has 0 aliphatic carbocycles. The minimum atomic E-state index is 0.621. The van der Waals surface area contributed by atoms with Crippen molar-refractivity contribution < 1.29 is 4.74 Å². The van der Waals surface area contributed by atoms with Gasteiger partial charge in [-0.3, -0.25) is 0 Å². The lowest BCUT2D eigenvalue weighted by Crippen LogP contribution is -2.48. The Kier molecular flexibility index (Phi) is 4.19. The summed E-state index contributed by atoms with van der Waals surface area (Å²) >= 11 is 0. The number of aryl methyl sites for hydroxylation is 1. The second-order valence-electron chi connectivity index (χ2n) is 4.24. The van der Waals surface area contributed by atoms with Crippen LogP contribution in [0.15, 0.2) is 24.3 Å². The van der Waals surface area contributed by atoms with Crippen LogP contribution >= 0.6 is 0 Å². The molecule has 0 aromatic heterocycles. The first-order chi connectivity index (χ1) is 7.88. The van der Waals surface area contributed by atoms with Gasteiger partial charge in [0, 0.05) is 25.7 Å². The standard InChI is InChI=1S/C13H20N2O/c1-16-13-6-3-11(4-7-13)2-5-12-10-14-8-9-15-12/h3-4,6-7,12,14-15H,2,5,8-10H2,1H3. The molecule has 1 heterocycles. The van der Waals surface area contributed by atoms with Crippen LogP contribution in [0.4, 0.5) is 0 Å². The van der Waals surface area contributed by atoms with Crippen molar-refractivity contribution in [2.45, 2.75) is 18.9 Å². The number of rotatable bonds is 4. The molecule has 0 spiro atoms. The Morgan fingerprint density at radius 2 is 2.06 bits per heavy atom. The summed E-state index contributed by atoms with van der Waals surface area (Å²) in [6, 6.07) is 8.98. The van der Waals surface area contributed by atoms with Gasteiger partial charge in [-0.1, -0.05) is 12.1 Å². The summed E-state index contributed by atoms with van der Waals surface area (Å²) in [5.74, 6) is 0.932. The Balaban J connectivity index is 1.79. The third-order valence-electron chi connectivity index (χ3n) is 3.07. The molecular weight excluding hydrogens is 200 g/mol. The summed E-state index contributed by atoms with van der Waals surface area (Å²) in [5, 5.41) is 6.93. The molecule has 1 saturated heterocycles. The molecule has 2 rings (SSSR count). The van der Waals surface area contributed by atoms with Crippen molar-refractivity contribution in [3.05, 3.63) is 29.8 Å². The van der Waals surface area contributed by atoms with Gasteiger partial charge in [0.15, 0.2) is 0 Å². The first-order valence-corrected chi connectivity index (χ1v) is 5.95. The molecule has 1 aliphatic rings. The molecule has 1 unspecified atom stereocenters. The van der Waals surface area contributed by atoms with Gasteiger partial charge in [0.05, 0.1) is 7.11 Å². The normalized spacial score (nSPS) is 20.7. The highest BCUT2D eigenvalue weighted by atomic mass is 16.5. The molecule has 1 fully saturated rings. The predicted octanol–water partition coefficient (Wildman–Crippen LogP) is 1.19. The highest BCUT2D eigenvalue weighted by Crippen LogP contribution is 2.13. The van der Waals surface area contributed by atoms with E-state index in [2.05, 4.69) is 22.8 Å². The molecule has 0 amide bonds. The quantitative estimate of drug-likeness (QED) is 0.799. The third-order valence-corrected chi connectivity index (χ3v) is 3.07. The van der Waals surface area contributed by atoms with Gasteiger partial charge in [-0.05, 0) is 30.5 Å². The lowest BCUT2D eigenvalue weighted by atomic mass is 10.0. The number of methoxy groups -OCH3 is 1. The van der Waals surface area contributed by atoms with Crippen LogP contribution in [0.5, 0.6) is 5.75 Å². The molecule has 1 atom stereocenters. The van der Waals surface area contributed by atoms with Gasteiger partial charge in [-0.2, -0.15) is 0 Å². The molecule has 2 N–H and O–H groups in total. The molecule has 88 valence electrons. The number of nitrogens with one attached hydrogen (secondary N) is 2. The minimum Gasteiger partial charge on any atom is -0.497 e. The van der Waals surface area contributed by atoms with Crippen LogP contribution < -0.4 is 15.4 Å². The van der Waals surface area contributed by atoms with Crippen LogP contribution in [0.25, 0.3) is 0 Å². The first kappa shape index (κ1) is 11.4. The minimum absolute atomic E-state index is 0.621. The van der Waals surface area contributed by atoms with E-state index in [9.17, 15) is 0 Å². The van der Waals surface area contributed by atoms with E-state index in [1.807, 2.05) is 12.1 Å². The maximum absolute atomic E-state index is 5.14. The summed E-state index contributed by atoms with van der Waals surface area (Å²) in [5.41, 5.74) is 1.38. The first-order valence-electron chi connectivity index (χ1n) is 5.95. The molecule has 0 saturated carbocycles. The lowest BCUT2D eigenvalue weighted by molar-refractivity contribution is 0.399. The molecule has 0 bridgehead atoms. The molecule has 16 heavy (non-hydrogen) atoms. The van der Waals surface area contributed by atoms with E-state index >= 15 is 0 Å². The predicted molar refractivity (Wildman–Crippen MR) is 66.0 cm³/mol. The molecular formula is C13H20N2O. The average Bonchev–Trinajstić information content (AvgIpc) is 2.38. The Morgan fingerprint density at radius 1 is 1.25 bits per heavy atom. The van der Waals surface area contributed by atoms with Crippen LogP contribution in [0.3, 0.4) is 0 Å². The Bertz CT molecular complexity index is 304. The van der Waals surface area contributed by atoms with Gasteiger partial charge in [0.2, 0.25) is 0 Å². The van der Waals surface area contributed by atoms with Gasteiger partial charge < -0.3 is 15.4 Å². The Morgan fingerprint density at radius 3 is 2.69 bits per heavy atom. The van der Waals surface area contributed by atoms with E-state index in [1.165, 1.54) is 12.0 Å². The SMILES string of the molecule is COc1ccc(CCC2CNCCN2)cc1. The van der Waals surface area contributed by atoms with E-state index in [4.69, 9.17) is 4.74 Å². The van der Waals surface area contributed by atoms with Crippen molar-refractivity contribution in [2.75, 3.05) is 26.7 Å².